The Morgan fingerprint density at radius 2 is 2.35 bits per heavy atom. The average molecular weight is 236 g/mol. The summed E-state index contributed by atoms with van der Waals surface area (Å²) in [5.74, 6) is 0. The van der Waals surface area contributed by atoms with E-state index in [1.165, 1.54) is 0 Å². The number of aliphatic hydroxyl groups excluding tert-OH is 1. The van der Waals surface area contributed by atoms with Crippen LogP contribution in [0.3, 0.4) is 0 Å². The highest BCUT2D eigenvalue weighted by atomic mass is 16.5. The molecule has 1 aliphatic heterocycles. The van der Waals surface area contributed by atoms with Gasteiger partial charge < -0.3 is 15.2 Å². The van der Waals surface area contributed by atoms with Gasteiger partial charge in [-0.3, -0.25) is 4.98 Å². The molecule has 0 saturated carbocycles. The number of pyridine rings is 1. The maximum Gasteiger partial charge on any atom is 0.0952 e. The molecule has 2 N–H and O–H groups in total. The van der Waals surface area contributed by atoms with Crippen LogP contribution in [0.15, 0.2) is 24.5 Å². The molecule has 0 spiro atoms. The highest BCUT2D eigenvalue weighted by molar-refractivity contribution is 5.08. The van der Waals surface area contributed by atoms with E-state index in [0.717, 1.165) is 18.5 Å². The van der Waals surface area contributed by atoms with E-state index in [0.29, 0.717) is 0 Å². The molecule has 1 saturated heterocycles. The number of aromatic nitrogens is 1. The maximum atomic E-state index is 10.0. The van der Waals surface area contributed by atoms with Crippen LogP contribution in [0.25, 0.3) is 0 Å². The van der Waals surface area contributed by atoms with E-state index in [9.17, 15) is 5.11 Å². The topological polar surface area (TPSA) is 54.4 Å². The van der Waals surface area contributed by atoms with Crippen LogP contribution in [0, 0.1) is 0 Å². The van der Waals surface area contributed by atoms with Crippen molar-refractivity contribution in [1.29, 1.82) is 0 Å². The summed E-state index contributed by atoms with van der Waals surface area (Å²) in [5, 5.41) is 13.4. The minimum absolute atomic E-state index is 0.0916. The second-order valence-corrected chi connectivity index (χ2v) is 4.73. The van der Waals surface area contributed by atoms with Gasteiger partial charge in [-0.05, 0) is 31.9 Å². The third-order valence-electron chi connectivity index (χ3n) is 3.22. The smallest absolute Gasteiger partial charge is 0.0952 e. The van der Waals surface area contributed by atoms with Crippen LogP contribution in [0.2, 0.25) is 0 Å². The van der Waals surface area contributed by atoms with Crippen molar-refractivity contribution in [3.8, 4) is 0 Å². The van der Waals surface area contributed by atoms with Crippen LogP contribution in [0.1, 0.15) is 25.8 Å². The summed E-state index contributed by atoms with van der Waals surface area (Å²) in [6.07, 6.45) is 4.08. The minimum atomic E-state index is -0.442. The summed E-state index contributed by atoms with van der Waals surface area (Å²) in [6.45, 7) is 4.69. The Morgan fingerprint density at radius 1 is 1.53 bits per heavy atom. The summed E-state index contributed by atoms with van der Waals surface area (Å²) in [5.41, 5.74) is 1.13. The molecule has 0 amide bonds. The SMILES string of the molecule is C[C@@H]1CC(NCc2cccnc2)C(O)[C@H](C)O1. The Bertz CT molecular complexity index is 345. The second-order valence-electron chi connectivity index (χ2n) is 4.73. The van der Waals surface area contributed by atoms with Crippen LogP contribution in [-0.2, 0) is 11.3 Å². The molecular formula is C13H20N2O2. The molecule has 0 aromatic carbocycles. The molecule has 2 rings (SSSR count). The molecular weight excluding hydrogens is 216 g/mol. The van der Waals surface area contributed by atoms with Crippen LogP contribution in [-0.4, -0.2) is 34.4 Å². The fourth-order valence-electron chi connectivity index (χ4n) is 2.28. The predicted octanol–water partition coefficient (Wildman–Crippen LogP) is 1.10. The fourth-order valence-corrected chi connectivity index (χ4v) is 2.28. The molecule has 2 unspecified atom stereocenters. The summed E-state index contributed by atoms with van der Waals surface area (Å²) in [6, 6.07) is 4.04. The van der Waals surface area contributed by atoms with Gasteiger partial charge in [0.25, 0.3) is 0 Å². The quantitative estimate of drug-likeness (QED) is 0.825. The second kappa shape index (κ2) is 5.58. The summed E-state index contributed by atoms with van der Waals surface area (Å²) in [4.78, 5) is 4.07. The van der Waals surface area contributed by atoms with Crippen LogP contribution >= 0.6 is 0 Å². The molecule has 0 aliphatic carbocycles. The first-order valence-corrected chi connectivity index (χ1v) is 6.12. The monoisotopic (exact) mass is 236 g/mol. The Kier molecular flexibility index (Phi) is 4.10. The third-order valence-corrected chi connectivity index (χ3v) is 3.22. The van der Waals surface area contributed by atoms with Crippen molar-refractivity contribution in [2.24, 2.45) is 0 Å². The Labute approximate surface area is 102 Å². The number of nitrogens with zero attached hydrogens (tertiary/aromatic N) is 1. The molecule has 0 bridgehead atoms. The molecule has 94 valence electrons. The lowest BCUT2D eigenvalue weighted by Gasteiger charge is -2.37. The molecule has 4 heteroatoms. The van der Waals surface area contributed by atoms with Crippen molar-refractivity contribution >= 4 is 0 Å². The molecule has 17 heavy (non-hydrogen) atoms. The molecule has 1 aliphatic rings. The van der Waals surface area contributed by atoms with Gasteiger partial charge >= 0.3 is 0 Å². The zero-order valence-electron chi connectivity index (χ0n) is 10.3. The number of hydrogen-bond acceptors (Lipinski definition) is 4. The molecule has 2 heterocycles. The van der Waals surface area contributed by atoms with Gasteiger partial charge in [-0.15, -0.1) is 0 Å². The van der Waals surface area contributed by atoms with E-state index in [2.05, 4.69) is 10.3 Å². The first-order chi connectivity index (χ1) is 8.16. The van der Waals surface area contributed by atoms with Crippen LogP contribution in [0.5, 0.6) is 0 Å². The number of rotatable bonds is 3. The fraction of sp³-hybridized carbons (Fsp3) is 0.615. The molecule has 1 fully saturated rings. The highest BCUT2D eigenvalue weighted by Crippen LogP contribution is 2.20. The van der Waals surface area contributed by atoms with Crippen molar-refractivity contribution in [3.05, 3.63) is 30.1 Å². The number of nitrogens with one attached hydrogen (secondary N) is 1. The van der Waals surface area contributed by atoms with Crippen molar-refractivity contribution in [1.82, 2.24) is 10.3 Å². The Balaban J connectivity index is 1.89. The lowest BCUT2D eigenvalue weighted by molar-refractivity contribution is -0.117. The number of ether oxygens (including phenoxy) is 1. The Morgan fingerprint density at radius 3 is 3.06 bits per heavy atom. The molecule has 4 nitrogen and oxygen atoms in total. The lowest BCUT2D eigenvalue weighted by Crippen LogP contribution is -2.52. The summed E-state index contributed by atoms with van der Waals surface area (Å²) in [7, 11) is 0. The zero-order valence-corrected chi connectivity index (χ0v) is 10.3. The van der Waals surface area contributed by atoms with Gasteiger partial charge in [0.2, 0.25) is 0 Å². The van der Waals surface area contributed by atoms with Gasteiger partial charge in [0.1, 0.15) is 0 Å². The standard InChI is InChI=1S/C13H20N2O2/c1-9-6-12(13(16)10(2)17-9)15-8-11-4-3-5-14-7-11/h3-5,7,9-10,12-13,15-16H,6,8H2,1-2H3/t9-,10+,12?,13?/m1/s1. The maximum absolute atomic E-state index is 10.0. The van der Waals surface area contributed by atoms with Gasteiger partial charge in [-0.1, -0.05) is 6.07 Å². The molecule has 1 aromatic heterocycles. The van der Waals surface area contributed by atoms with Gasteiger partial charge in [-0.25, -0.2) is 0 Å². The van der Waals surface area contributed by atoms with Crippen molar-refractivity contribution in [3.63, 3.8) is 0 Å². The van der Waals surface area contributed by atoms with Crippen LogP contribution in [0.4, 0.5) is 0 Å². The first-order valence-electron chi connectivity index (χ1n) is 6.12. The van der Waals surface area contributed by atoms with Gasteiger partial charge in [0.05, 0.1) is 18.3 Å². The van der Waals surface area contributed by atoms with E-state index in [-0.39, 0.29) is 18.2 Å². The van der Waals surface area contributed by atoms with Gasteiger partial charge in [0, 0.05) is 25.0 Å². The minimum Gasteiger partial charge on any atom is -0.389 e. The lowest BCUT2D eigenvalue weighted by atomic mass is 9.96. The normalized spacial score (nSPS) is 33.6. The highest BCUT2D eigenvalue weighted by Gasteiger charge is 2.32. The van der Waals surface area contributed by atoms with Gasteiger partial charge in [-0.2, -0.15) is 0 Å². The summed E-state index contributed by atoms with van der Waals surface area (Å²) < 4.78 is 5.58. The molecule has 0 radical (unpaired) electrons. The van der Waals surface area contributed by atoms with Crippen LogP contribution < -0.4 is 5.32 Å². The molecule has 4 atom stereocenters. The van der Waals surface area contributed by atoms with E-state index < -0.39 is 6.10 Å². The van der Waals surface area contributed by atoms with Crippen molar-refractivity contribution in [2.75, 3.05) is 0 Å². The Hall–Kier alpha value is -0.970. The average Bonchev–Trinajstić information content (AvgIpc) is 2.33. The van der Waals surface area contributed by atoms with E-state index in [1.807, 2.05) is 32.2 Å². The van der Waals surface area contributed by atoms with Crippen molar-refractivity contribution < 1.29 is 9.84 Å². The summed E-state index contributed by atoms with van der Waals surface area (Å²) >= 11 is 0. The van der Waals surface area contributed by atoms with E-state index in [4.69, 9.17) is 4.74 Å². The first kappa shape index (κ1) is 12.5. The largest absolute Gasteiger partial charge is 0.389 e. The number of hydrogen-bond donors (Lipinski definition) is 2. The number of aliphatic hydroxyl groups is 1. The molecule has 1 aromatic rings. The third kappa shape index (κ3) is 3.25. The van der Waals surface area contributed by atoms with Gasteiger partial charge in [0.15, 0.2) is 0 Å². The van der Waals surface area contributed by atoms with E-state index in [1.54, 1.807) is 6.20 Å². The van der Waals surface area contributed by atoms with Crippen molar-refractivity contribution in [2.45, 2.75) is 51.2 Å². The zero-order chi connectivity index (χ0) is 12.3. The van der Waals surface area contributed by atoms with E-state index >= 15 is 0 Å². The predicted molar refractivity (Wildman–Crippen MR) is 65.5 cm³/mol.